The van der Waals surface area contributed by atoms with Gasteiger partial charge in [-0.15, -0.1) is 0 Å². The molecule has 23 heavy (non-hydrogen) atoms. The first kappa shape index (κ1) is 15.9. The van der Waals surface area contributed by atoms with Crippen molar-refractivity contribution in [2.24, 2.45) is 0 Å². The predicted molar refractivity (Wildman–Crippen MR) is 87.0 cm³/mol. The van der Waals surface area contributed by atoms with E-state index in [0.717, 1.165) is 0 Å². The highest BCUT2D eigenvalue weighted by atomic mass is 19.1. The molecule has 1 aliphatic rings. The first-order valence-corrected chi connectivity index (χ1v) is 7.48. The highest BCUT2D eigenvalue weighted by Crippen LogP contribution is 2.39. The molecule has 7 heteroatoms. The Balaban J connectivity index is 1.88. The zero-order valence-electron chi connectivity index (χ0n) is 13.6. The third-order valence-corrected chi connectivity index (χ3v) is 4.36. The Labute approximate surface area is 135 Å². The minimum absolute atomic E-state index is 0.498. The summed E-state index contributed by atoms with van der Waals surface area (Å²) >= 11 is 0. The van der Waals surface area contributed by atoms with E-state index >= 15 is 0 Å². The molecule has 2 aromatic rings. The number of halogens is 1. The Morgan fingerprint density at radius 1 is 1.22 bits per heavy atom. The van der Waals surface area contributed by atoms with Crippen LogP contribution in [0.2, 0.25) is 0 Å². The molecule has 0 unspecified atom stereocenters. The van der Waals surface area contributed by atoms with E-state index in [4.69, 9.17) is 9.31 Å². The Morgan fingerprint density at radius 3 is 2.52 bits per heavy atom. The van der Waals surface area contributed by atoms with Crippen molar-refractivity contribution in [1.82, 2.24) is 15.2 Å². The second kappa shape index (κ2) is 5.58. The summed E-state index contributed by atoms with van der Waals surface area (Å²) in [6, 6.07) is 5.51. The minimum Gasteiger partial charge on any atom is -0.398 e. The van der Waals surface area contributed by atoms with Crippen molar-refractivity contribution in [3.8, 4) is 11.4 Å². The van der Waals surface area contributed by atoms with Gasteiger partial charge in [-0.2, -0.15) is 5.10 Å². The summed E-state index contributed by atoms with van der Waals surface area (Å²) in [5.74, 6) is 0. The fourth-order valence-corrected chi connectivity index (χ4v) is 2.29. The summed E-state index contributed by atoms with van der Waals surface area (Å²) in [6.45, 7) is 7.55. The van der Waals surface area contributed by atoms with Gasteiger partial charge in [0.05, 0.1) is 28.8 Å². The molecule has 2 aromatic heterocycles. The summed E-state index contributed by atoms with van der Waals surface area (Å²) in [7, 11) is -1.02. The van der Waals surface area contributed by atoms with Gasteiger partial charge in [-0.05, 0) is 45.9 Å². The SMILES string of the molecule is CC1(C)OB(C(F)=Cc2cn[nH]c2-c2ccccn2)OC1(C)C. The first-order chi connectivity index (χ1) is 10.8. The van der Waals surface area contributed by atoms with Gasteiger partial charge in [-0.25, -0.2) is 4.39 Å². The summed E-state index contributed by atoms with van der Waals surface area (Å²) in [4.78, 5) is 4.25. The highest BCUT2D eigenvalue weighted by Gasteiger charge is 2.53. The molecule has 0 bridgehead atoms. The van der Waals surface area contributed by atoms with Crippen LogP contribution in [0.25, 0.3) is 17.5 Å². The lowest BCUT2D eigenvalue weighted by Gasteiger charge is -2.32. The number of hydrogen-bond donors (Lipinski definition) is 1. The molecule has 0 aromatic carbocycles. The van der Waals surface area contributed by atoms with Crippen LogP contribution in [0.15, 0.2) is 36.3 Å². The van der Waals surface area contributed by atoms with Crippen molar-refractivity contribution < 1.29 is 13.7 Å². The Hall–Kier alpha value is -1.99. The van der Waals surface area contributed by atoms with Gasteiger partial charge in [-0.3, -0.25) is 10.1 Å². The van der Waals surface area contributed by atoms with Gasteiger partial charge in [-0.1, -0.05) is 6.07 Å². The summed E-state index contributed by atoms with van der Waals surface area (Å²) in [5.41, 5.74) is 0.278. The average Bonchev–Trinajstić information content (AvgIpc) is 3.02. The molecule has 0 radical (unpaired) electrons. The Bertz CT molecular complexity index is 712. The molecule has 0 aliphatic carbocycles. The minimum atomic E-state index is -1.02. The van der Waals surface area contributed by atoms with E-state index in [-0.39, 0.29) is 0 Å². The van der Waals surface area contributed by atoms with Gasteiger partial charge < -0.3 is 9.31 Å². The van der Waals surface area contributed by atoms with Crippen molar-refractivity contribution in [2.45, 2.75) is 38.9 Å². The Morgan fingerprint density at radius 2 is 1.91 bits per heavy atom. The molecule has 0 spiro atoms. The molecule has 1 saturated heterocycles. The second-order valence-electron chi connectivity index (χ2n) is 6.53. The van der Waals surface area contributed by atoms with Crippen LogP contribution < -0.4 is 0 Å². The fraction of sp³-hybridized carbons (Fsp3) is 0.375. The molecular formula is C16H19BFN3O2. The van der Waals surface area contributed by atoms with Gasteiger partial charge in [0.1, 0.15) is 5.73 Å². The van der Waals surface area contributed by atoms with Crippen LogP contribution in [0.5, 0.6) is 0 Å². The molecule has 120 valence electrons. The number of H-pyrrole nitrogens is 1. The molecule has 1 N–H and O–H groups in total. The van der Waals surface area contributed by atoms with Crippen molar-refractivity contribution >= 4 is 13.2 Å². The second-order valence-corrected chi connectivity index (χ2v) is 6.53. The zero-order chi connectivity index (χ0) is 16.7. The number of nitrogens with one attached hydrogen (secondary N) is 1. The summed E-state index contributed by atoms with van der Waals surface area (Å²) in [6.07, 6.45) is 4.60. The number of aromatic amines is 1. The molecule has 0 amide bonds. The number of aromatic nitrogens is 3. The van der Waals surface area contributed by atoms with Crippen LogP contribution in [-0.4, -0.2) is 33.5 Å². The third kappa shape index (κ3) is 2.94. The molecule has 3 rings (SSSR count). The average molecular weight is 315 g/mol. The van der Waals surface area contributed by atoms with Gasteiger partial charge >= 0.3 is 7.12 Å². The van der Waals surface area contributed by atoms with E-state index in [2.05, 4.69) is 15.2 Å². The maximum Gasteiger partial charge on any atom is 0.525 e. The zero-order valence-corrected chi connectivity index (χ0v) is 13.6. The van der Waals surface area contributed by atoms with Gasteiger partial charge in [0.15, 0.2) is 0 Å². The lowest BCUT2D eigenvalue weighted by Crippen LogP contribution is -2.41. The van der Waals surface area contributed by atoms with Crippen LogP contribution in [0, 0.1) is 0 Å². The van der Waals surface area contributed by atoms with Gasteiger partial charge in [0.25, 0.3) is 0 Å². The number of nitrogens with zero attached hydrogens (tertiary/aromatic N) is 2. The van der Waals surface area contributed by atoms with Crippen molar-refractivity contribution in [1.29, 1.82) is 0 Å². The fourth-order valence-electron chi connectivity index (χ4n) is 2.29. The smallest absolute Gasteiger partial charge is 0.398 e. The molecule has 3 heterocycles. The number of rotatable bonds is 3. The monoisotopic (exact) mass is 315 g/mol. The maximum atomic E-state index is 14.6. The molecule has 0 saturated carbocycles. The number of hydrogen-bond acceptors (Lipinski definition) is 4. The maximum absolute atomic E-state index is 14.6. The van der Waals surface area contributed by atoms with E-state index in [1.54, 1.807) is 12.4 Å². The lowest BCUT2D eigenvalue weighted by molar-refractivity contribution is 0.00578. The number of pyridine rings is 1. The van der Waals surface area contributed by atoms with Crippen molar-refractivity contribution in [3.05, 3.63) is 41.9 Å². The topological polar surface area (TPSA) is 60.0 Å². The molecule has 0 atom stereocenters. The van der Waals surface area contributed by atoms with Crippen molar-refractivity contribution in [3.63, 3.8) is 0 Å². The first-order valence-electron chi connectivity index (χ1n) is 7.48. The molecular weight excluding hydrogens is 296 g/mol. The van der Waals surface area contributed by atoms with E-state index in [0.29, 0.717) is 17.0 Å². The van der Waals surface area contributed by atoms with Gasteiger partial charge in [0, 0.05) is 11.8 Å². The van der Waals surface area contributed by atoms with Crippen LogP contribution in [-0.2, 0) is 9.31 Å². The normalized spacial score (nSPS) is 20.0. The van der Waals surface area contributed by atoms with E-state index in [1.165, 1.54) is 6.08 Å². The molecule has 1 fully saturated rings. The van der Waals surface area contributed by atoms with Crippen LogP contribution in [0.3, 0.4) is 0 Å². The van der Waals surface area contributed by atoms with Crippen LogP contribution in [0.1, 0.15) is 33.3 Å². The lowest BCUT2D eigenvalue weighted by atomic mass is 9.87. The Kier molecular flexibility index (Phi) is 3.86. The molecule has 1 aliphatic heterocycles. The van der Waals surface area contributed by atoms with Gasteiger partial charge in [0.2, 0.25) is 0 Å². The largest absolute Gasteiger partial charge is 0.525 e. The summed E-state index contributed by atoms with van der Waals surface area (Å²) < 4.78 is 26.0. The third-order valence-electron chi connectivity index (χ3n) is 4.36. The van der Waals surface area contributed by atoms with Crippen molar-refractivity contribution in [2.75, 3.05) is 0 Å². The van der Waals surface area contributed by atoms with E-state index < -0.39 is 24.0 Å². The predicted octanol–water partition coefficient (Wildman–Crippen LogP) is 3.41. The molecule has 5 nitrogen and oxygen atoms in total. The quantitative estimate of drug-likeness (QED) is 0.882. The van der Waals surface area contributed by atoms with E-state index in [1.807, 2.05) is 45.9 Å². The van der Waals surface area contributed by atoms with E-state index in [9.17, 15) is 4.39 Å². The van der Waals surface area contributed by atoms with Crippen LogP contribution in [0.4, 0.5) is 4.39 Å². The standard InChI is InChI=1S/C16H19BFN3O2/c1-15(2)16(3,4)23-17(22-15)13(18)9-11-10-20-21-14(11)12-7-5-6-8-19-12/h5-10H,1-4H3,(H,20,21). The summed E-state index contributed by atoms with van der Waals surface area (Å²) in [5, 5.41) is 6.82. The highest BCUT2D eigenvalue weighted by molar-refractivity contribution is 6.54. The van der Waals surface area contributed by atoms with Crippen LogP contribution >= 0.6 is 0 Å².